The number of halogens is 2. The zero-order valence-electron chi connectivity index (χ0n) is 17.2. The van der Waals surface area contributed by atoms with Gasteiger partial charge in [-0.25, -0.2) is 9.97 Å². The SMILES string of the molecule is COc1ccc(N2CCN(c3ncnc(Nc4ccc(Cl)c(Cl)c4)c3[N+](=O)[O-])CC2)cc1. The summed E-state index contributed by atoms with van der Waals surface area (Å²) in [4.78, 5) is 23.9. The molecule has 2 aromatic carbocycles. The molecule has 1 aromatic heterocycles. The number of nitrogens with one attached hydrogen (secondary N) is 1. The van der Waals surface area contributed by atoms with E-state index in [1.165, 1.54) is 6.33 Å². The molecule has 1 fully saturated rings. The van der Waals surface area contributed by atoms with E-state index in [1.54, 1.807) is 25.3 Å². The zero-order valence-corrected chi connectivity index (χ0v) is 18.7. The number of methoxy groups -OCH3 is 1. The molecule has 1 N–H and O–H groups in total. The minimum atomic E-state index is -0.467. The van der Waals surface area contributed by atoms with Gasteiger partial charge in [0.05, 0.1) is 22.1 Å². The minimum Gasteiger partial charge on any atom is -0.497 e. The third kappa shape index (κ3) is 4.63. The van der Waals surface area contributed by atoms with Crippen LogP contribution in [0.1, 0.15) is 0 Å². The van der Waals surface area contributed by atoms with Crippen molar-refractivity contribution in [1.29, 1.82) is 0 Å². The van der Waals surface area contributed by atoms with Crippen LogP contribution in [0.4, 0.5) is 28.7 Å². The fraction of sp³-hybridized carbons (Fsp3) is 0.238. The second-order valence-corrected chi connectivity index (χ2v) is 7.89. The third-order valence-electron chi connectivity index (χ3n) is 5.18. The number of ether oxygens (including phenoxy) is 1. The average Bonchev–Trinajstić information content (AvgIpc) is 2.81. The monoisotopic (exact) mass is 474 g/mol. The van der Waals surface area contributed by atoms with Crippen LogP contribution in [0, 0.1) is 10.1 Å². The largest absolute Gasteiger partial charge is 0.497 e. The van der Waals surface area contributed by atoms with E-state index < -0.39 is 4.92 Å². The van der Waals surface area contributed by atoms with Crippen LogP contribution in [0.2, 0.25) is 10.0 Å². The lowest BCUT2D eigenvalue weighted by Crippen LogP contribution is -2.47. The Balaban J connectivity index is 1.54. The summed E-state index contributed by atoms with van der Waals surface area (Å²) in [5.74, 6) is 1.17. The Morgan fingerprint density at radius 2 is 1.69 bits per heavy atom. The Bertz CT molecular complexity index is 1120. The summed E-state index contributed by atoms with van der Waals surface area (Å²) >= 11 is 12.0. The van der Waals surface area contributed by atoms with Gasteiger partial charge in [0.1, 0.15) is 12.1 Å². The molecule has 0 spiro atoms. The van der Waals surface area contributed by atoms with Crippen molar-refractivity contribution in [3.63, 3.8) is 0 Å². The molecule has 1 aliphatic heterocycles. The standard InChI is InChI=1S/C21H20Cl2N6O3/c1-32-16-5-3-15(4-6-16)27-8-10-28(11-9-27)21-19(29(30)31)20(24-13-25-21)26-14-2-7-17(22)18(23)12-14/h2-7,12-13H,8-11H2,1H3,(H,24,25,26). The summed E-state index contributed by atoms with van der Waals surface area (Å²) in [6.07, 6.45) is 1.32. The number of piperazine rings is 1. The smallest absolute Gasteiger partial charge is 0.353 e. The third-order valence-corrected chi connectivity index (χ3v) is 5.92. The maximum atomic E-state index is 11.9. The van der Waals surface area contributed by atoms with E-state index in [2.05, 4.69) is 20.2 Å². The molecule has 1 saturated heterocycles. The minimum absolute atomic E-state index is 0.0935. The Morgan fingerprint density at radius 3 is 2.31 bits per heavy atom. The molecule has 0 amide bonds. The van der Waals surface area contributed by atoms with Gasteiger partial charge < -0.3 is 19.9 Å². The Labute approximate surface area is 194 Å². The molecule has 0 aliphatic carbocycles. The lowest BCUT2D eigenvalue weighted by molar-refractivity contribution is -0.383. The lowest BCUT2D eigenvalue weighted by atomic mass is 10.2. The molecule has 0 unspecified atom stereocenters. The molecule has 11 heteroatoms. The van der Waals surface area contributed by atoms with E-state index in [1.807, 2.05) is 29.2 Å². The molecule has 32 heavy (non-hydrogen) atoms. The number of anilines is 4. The van der Waals surface area contributed by atoms with E-state index in [-0.39, 0.29) is 17.3 Å². The summed E-state index contributed by atoms with van der Waals surface area (Å²) in [6.45, 7) is 2.55. The average molecular weight is 475 g/mol. The van der Waals surface area contributed by atoms with Gasteiger partial charge in [-0.3, -0.25) is 10.1 Å². The van der Waals surface area contributed by atoms with Gasteiger partial charge in [-0.15, -0.1) is 0 Å². The zero-order chi connectivity index (χ0) is 22.7. The van der Waals surface area contributed by atoms with Crippen molar-refractivity contribution >= 4 is 51.9 Å². The first kappa shape index (κ1) is 21.9. The predicted molar refractivity (Wildman–Crippen MR) is 126 cm³/mol. The molecule has 166 valence electrons. The van der Waals surface area contributed by atoms with Crippen LogP contribution in [0.25, 0.3) is 0 Å². The van der Waals surface area contributed by atoms with Gasteiger partial charge in [0.2, 0.25) is 11.6 Å². The van der Waals surface area contributed by atoms with Gasteiger partial charge in [-0.2, -0.15) is 0 Å². The predicted octanol–water partition coefficient (Wildman–Crippen LogP) is 4.77. The van der Waals surface area contributed by atoms with E-state index in [0.717, 1.165) is 11.4 Å². The highest BCUT2D eigenvalue weighted by molar-refractivity contribution is 6.42. The number of nitrogens with zero attached hydrogens (tertiary/aromatic N) is 5. The summed E-state index contributed by atoms with van der Waals surface area (Å²) in [5.41, 5.74) is 1.43. The Kier molecular flexibility index (Phi) is 6.48. The van der Waals surface area contributed by atoms with E-state index >= 15 is 0 Å². The summed E-state index contributed by atoms with van der Waals surface area (Å²) in [6, 6.07) is 12.7. The van der Waals surface area contributed by atoms with Crippen molar-refractivity contribution in [3.8, 4) is 5.75 Å². The summed E-state index contributed by atoms with van der Waals surface area (Å²) in [5, 5.41) is 15.6. The Morgan fingerprint density at radius 1 is 1.00 bits per heavy atom. The van der Waals surface area contributed by atoms with Crippen molar-refractivity contribution < 1.29 is 9.66 Å². The second-order valence-electron chi connectivity index (χ2n) is 7.08. The fourth-order valence-corrected chi connectivity index (χ4v) is 3.84. The van der Waals surface area contributed by atoms with E-state index in [9.17, 15) is 10.1 Å². The number of nitro groups is 1. The second kappa shape index (κ2) is 9.46. The van der Waals surface area contributed by atoms with Crippen molar-refractivity contribution in [2.75, 3.05) is 48.4 Å². The highest BCUT2D eigenvalue weighted by Crippen LogP contribution is 2.35. The van der Waals surface area contributed by atoms with E-state index in [4.69, 9.17) is 27.9 Å². The van der Waals surface area contributed by atoms with E-state index in [0.29, 0.717) is 41.9 Å². The first-order valence-electron chi connectivity index (χ1n) is 9.81. The number of benzene rings is 2. The van der Waals surface area contributed by atoms with Crippen LogP contribution in [-0.2, 0) is 0 Å². The highest BCUT2D eigenvalue weighted by Gasteiger charge is 2.29. The molecule has 1 aliphatic rings. The molecular formula is C21H20Cl2N6O3. The topological polar surface area (TPSA) is 96.7 Å². The van der Waals surface area contributed by atoms with Crippen LogP contribution in [0.15, 0.2) is 48.8 Å². The summed E-state index contributed by atoms with van der Waals surface area (Å²) in [7, 11) is 1.63. The molecule has 0 atom stereocenters. The van der Waals surface area contributed by atoms with Crippen LogP contribution < -0.4 is 19.9 Å². The van der Waals surface area contributed by atoms with Gasteiger partial charge >= 0.3 is 5.69 Å². The first-order chi connectivity index (χ1) is 15.5. The van der Waals surface area contributed by atoms with Crippen LogP contribution in [0.3, 0.4) is 0 Å². The van der Waals surface area contributed by atoms with Crippen LogP contribution in [-0.4, -0.2) is 48.2 Å². The quantitative estimate of drug-likeness (QED) is 0.402. The highest BCUT2D eigenvalue weighted by atomic mass is 35.5. The van der Waals surface area contributed by atoms with Crippen molar-refractivity contribution in [1.82, 2.24) is 9.97 Å². The molecule has 4 rings (SSSR count). The van der Waals surface area contributed by atoms with Gasteiger partial charge in [0, 0.05) is 37.6 Å². The molecular weight excluding hydrogens is 455 g/mol. The fourth-order valence-electron chi connectivity index (χ4n) is 3.54. The van der Waals surface area contributed by atoms with Gasteiger partial charge in [-0.05, 0) is 42.5 Å². The first-order valence-corrected chi connectivity index (χ1v) is 10.6. The lowest BCUT2D eigenvalue weighted by Gasteiger charge is -2.36. The van der Waals surface area contributed by atoms with Crippen molar-refractivity contribution in [3.05, 3.63) is 69.0 Å². The number of rotatable bonds is 6. The molecule has 0 bridgehead atoms. The number of hydrogen-bond donors (Lipinski definition) is 1. The molecule has 0 saturated carbocycles. The van der Waals surface area contributed by atoms with Crippen LogP contribution in [0.5, 0.6) is 5.75 Å². The summed E-state index contributed by atoms with van der Waals surface area (Å²) < 4.78 is 5.21. The van der Waals surface area contributed by atoms with Gasteiger partial charge in [-0.1, -0.05) is 23.2 Å². The van der Waals surface area contributed by atoms with Gasteiger partial charge in [0.25, 0.3) is 0 Å². The maximum absolute atomic E-state index is 11.9. The molecule has 0 radical (unpaired) electrons. The van der Waals surface area contributed by atoms with Crippen molar-refractivity contribution in [2.45, 2.75) is 0 Å². The molecule has 9 nitrogen and oxygen atoms in total. The molecule has 2 heterocycles. The Hall–Kier alpha value is -3.30. The normalized spacial score (nSPS) is 13.7. The van der Waals surface area contributed by atoms with Crippen LogP contribution >= 0.6 is 23.2 Å². The number of aromatic nitrogens is 2. The van der Waals surface area contributed by atoms with Gasteiger partial charge in [0.15, 0.2) is 0 Å². The van der Waals surface area contributed by atoms with Crippen molar-refractivity contribution in [2.24, 2.45) is 0 Å². The number of hydrogen-bond acceptors (Lipinski definition) is 8. The maximum Gasteiger partial charge on any atom is 0.353 e. The molecule has 3 aromatic rings.